The van der Waals surface area contributed by atoms with E-state index in [9.17, 15) is 9.59 Å². The first-order chi connectivity index (χ1) is 9.67. The topological polar surface area (TPSA) is 60.9 Å². The van der Waals surface area contributed by atoms with E-state index in [0.717, 1.165) is 12.8 Å². The average molecular weight is 280 g/mol. The van der Waals surface area contributed by atoms with E-state index in [0.29, 0.717) is 38.5 Å². The molecule has 2 amide bonds. The van der Waals surface area contributed by atoms with E-state index in [2.05, 4.69) is 6.58 Å². The minimum absolute atomic E-state index is 0.00369. The van der Waals surface area contributed by atoms with E-state index in [4.69, 9.17) is 5.11 Å². The standard InChI is InChI=1S/C15H24N2O3/c1-2-14(19)16-8-6-12(7-9-16)15(20)17(10-11-18)13-4-3-5-13/h2,12-13,18H,1,3-11H2. The third-order valence-electron chi connectivity index (χ3n) is 4.47. The molecule has 0 radical (unpaired) electrons. The summed E-state index contributed by atoms with van der Waals surface area (Å²) in [6, 6.07) is 0.322. The number of carbonyl (C=O) groups excluding carboxylic acids is 2. The molecule has 1 heterocycles. The molecule has 0 aromatic carbocycles. The van der Waals surface area contributed by atoms with Crippen LogP contribution in [-0.4, -0.2) is 59.0 Å². The lowest BCUT2D eigenvalue weighted by Gasteiger charge is -2.40. The number of aliphatic hydroxyl groups excluding tert-OH is 1. The summed E-state index contributed by atoms with van der Waals surface area (Å²) in [5, 5.41) is 9.14. The lowest BCUT2D eigenvalue weighted by molar-refractivity contribution is -0.143. The van der Waals surface area contributed by atoms with Gasteiger partial charge in [0.1, 0.15) is 0 Å². The van der Waals surface area contributed by atoms with E-state index in [1.807, 2.05) is 4.90 Å². The van der Waals surface area contributed by atoms with Crippen molar-refractivity contribution in [2.75, 3.05) is 26.2 Å². The summed E-state index contributed by atoms with van der Waals surface area (Å²) in [5.74, 6) is 0.104. The normalized spacial score (nSPS) is 20.4. The smallest absolute Gasteiger partial charge is 0.245 e. The molecule has 0 aromatic heterocycles. The molecule has 0 bridgehead atoms. The van der Waals surface area contributed by atoms with Gasteiger partial charge in [0.15, 0.2) is 0 Å². The van der Waals surface area contributed by atoms with Gasteiger partial charge in [0, 0.05) is 31.6 Å². The van der Waals surface area contributed by atoms with Crippen LogP contribution in [0, 0.1) is 5.92 Å². The fourth-order valence-corrected chi connectivity index (χ4v) is 2.99. The van der Waals surface area contributed by atoms with Gasteiger partial charge in [0.05, 0.1) is 6.61 Å². The summed E-state index contributed by atoms with van der Waals surface area (Å²) in [5.41, 5.74) is 0. The lowest BCUT2D eigenvalue weighted by atomic mass is 9.88. The number of hydrogen-bond acceptors (Lipinski definition) is 3. The second-order valence-corrected chi connectivity index (χ2v) is 5.64. The molecule has 112 valence electrons. The Kier molecular flexibility index (Phi) is 5.17. The van der Waals surface area contributed by atoms with Gasteiger partial charge < -0.3 is 14.9 Å². The van der Waals surface area contributed by atoms with Gasteiger partial charge in [0.2, 0.25) is 11.8 Å². The Hall–Kier alpha value is -1.36. The minimum Gasteiger partial charge on any atom is -0.395 e. The van der Waals surface area contributed by atoms with Gasteiger partial charge in [0.25, 0.3) is 0 Å². The second kappa shape index (κ2) is 6.88. The van der Waals surface area contributed by atoms with Gasteiger partial charge in [-0.2, -0.15) is 0 Å². The molecule has 5 nitrogen and oxygen atoms in total. The molecule has 5 heteroatoms. The van der Waals surface area contributed by atoms with E-state index < -0.39 is 0 Å². The van der Waals surface area contributed by atoms with E-state index >= 15 is 0 Å². The molecule has 2 rings (SSSR count). The van der Waals surface area contributed by atoms with Crippen molar-refractivity contribution in [2.45, 2.75) is 38.1 Å². The monoisotopic (exact) mass is 280 g/mol. The van der Waals surface area contributed by atoms with Gasteiger partial charge in [-0.15, -0.1) is 0 Å². The number of piperidine rings is 1. The quantitative estimate of drug-likeness (QED) is 0.757. The maximum absolute atomic E-state index is 12.6. The summed E-state index contributed by atoms with van der Waals surface area (Å²) in [6.07, 6.45) is 6.04. The van der Waals surface area contributed by atoms with Crippen molar-refractivity contribution in [1.29, 1.82) is 0 Å². The van der Waals surface area contributed by atoms with Crippen LogP contribution in [0.25, 0.3) is 0 Å². The van der Waals surface area contributed by atoms with Crippen LogP contribution in [0.4, 0.5) is 0 Å². The first kappa shape index (κ1) is 15.0. The van der Waals surface area contributed by atoms with Crippen LogP contribution in [0.3, 0.4) is 0 Å². The van der Waals surface area contributed by atoms with E-state index in [1.165, 1.54) is 12.5 Å². The summed E-state index contributed by atoms with van der Waals surface area (Å²) >= 11 is 0. The Morgan fingerprint density at radius 3 is 2.35 bits per heavy atom. The first-order valence-corrected chi connectivity index (χ1v) is 7.50. The van der Waals surface area contributed by atoms with Gasteiger partial charge in [-0.25, -0.2) is 0 Å². The Labute approximate surface area is 120 Å². The molecule has 0 spiro atoms. The molecule has 2 fully saturated rings. The summed E-state index contributed by atoms with van der Waals surface area (Å²) in [6.45, 7) is 5.20. The predicted molar refractivity (Wildman–Crippen MR) is 75.9 cm³/mol. The Bertz CT molecular complexity index is 371. The van der Waals surface area contributed by atoms with E-state index in [1.54, 1.807) is 4.90 Å². The highest BCUT2D eigenvalue weighted by atomic mass is 16.3. The lowest BCUT2D eigenvalue weighted by Crippen LogP contribution is -2.50. The summed E-state index contributed by atoms with van der Waals surface area (Å²) < 4.78 is 0. The van der Waals surface area contributed by atoms with E-state index in [-0.39, 0.29) is 24.3 Å². The molecule has 1 aliphatic heterocycles. The number of aliphatic hydroxyl groups is 1. The number of hydrogen-bond donors (Lipinski definition) is 1. The SMILES string of the molecule is C=CC(=O)N1CCC(C(=O)N(CCO)C2CCC2)CC1. The zero-order valence-electron chi connectivity index (χ0n) is 12.0. The Morgan fingerprint density at radius 2 is 1.90 bits per heavy atom. The van der Waals surface area contributed by atoms with Crippen molar-refractivity contribution in [1.82, 2.24) is 9.80 Å². The molecule has 2 aliphatic rings. The summed E-state index contributed by atoms with van der Waals surface area (Å²) in [4.78, 5) is 27.7. The number of nitrogens with zero attached hydrogens (tertiary/aromatic N) is 2. The zero-order chi connectivity index (χ0) is 14.5. The molecule has 0 aromatic rings. The maximum Gasteiger partial charge on any atom is 0.245 e. The number of likely N-dealkylation sites (tertiary alicyclic amines) is 1. The molecular weight excluding hydrogens is 256 g/mol. The summed E-state index contributed by atoms with van der Waals surface area (Å²) in [7, 11) is 0. The minimum atomic E-state index is -0.0536. The van der Waals surface area contributed by atoms with Crippen LogP contribution in [0.5, 0.6) is 0 Å². The van der Waals surface area contributed by atoms with Crippen molar-refractivity contribution >= 4 is 11.8 Å². The van der Waals surface area contributed by atoms with Crippen LogP contribution < -0.4 is 0 Å². The highest BCUT2D eigenvalue weighted by Crippen LogP contribution is 2.28. The second-order valence-electron chi connectivity index (χ2n) is 5.64. The number of amides is 2. The maximum atomic E-state index is 12.6. The van der Waals surface area contributed by atoms with Crippen LogP contribution >= 0.6 is 0 Å². The molecule has 0 unspecified atom stereocenters. The highest BCUT2D eigenvalue weighted by Gasteiger charge is 2.34. The van der Waals surface area contributed by atoms with Gasteiger partial charge >= 0.3 is 0 Å². The van der Waals surface area contributed by atoms with Crippen LogP contribution in [0.15, 0.2) is 12.7 Å². The third kappa shape index (κ3) is 3.20. The largest absolute Gasteiger partial charge is 0.395 e. The zero-order valence-corrected chi connectivity index (χ0v) is 12.0. The van der Waals surface area contributed by atoms with Gasteiger partial charge in [-0.3, -0.25) is 9.59 Å². The average Bonchev–Trinajstić information content (AvgIpc) is 2.43. The van der Waals surface area contributed by atoms with Crippen molar-refractivity contribution in [2.24, 2.45) is 5.92 Å². The number of carbonyl (C=O) groups is 2. The van der Waals surface area contributed by atoms with Gasteiger partial charge in [-0.1, -0.05) is 6.58 Å². The molecule has 1 aliphatic carbocycles. The van der Waals surface area contributed by atoms with Gasteiger partial charge in [-0.05, 0) is 38.2 Å². The molecule has 1 saturated carbocycles. The predicted octanol–water partition coefficient (Wildman–Crippen LogP) is 0.784. The van der Waals surface area contributed by atoms with Crippen molar-refractivity contribution < 1.29 is 14.7 Å². The fraction of sp³-hybridized carbons (Fsp3) is 0.733. The van der Waals surface area contributed by atoms with Crippen molar-refractivity contribution in [3.8, 4) is 0 Å². The number of rotatable bonds is 5. The fourth-order valence-electron chi connectivity index (χ4n) is 2.99. The highest BCUT2D eigenvalue weighted by molar-refractivity contribution is 5.87. The third-order valence-corrected chi connectivity index (χ3v) is 4.47. The molecule has 20 heavy (non-hydrogen) atoms. The molecule has 1 N–H and O–H groups in total. The molecule has 0 atom stereocenters. The molecular formula is C15H24N2O3. The Morgan fingerprint density at radius 1 is 1.25 bits per heavy atom. The Balaban J connectivity index is 1.89. The van der Waals surface area contributed by atoms with Crippen LogP contribution in [-0.2, 0) is 9.59 Å². The van der Waals surface area contributed by atoms with Crippen molar-refractivity contribution in [3.05, 3.63) is 12.7 Å². The first-order valence-electron chi connectivity index (χ1n) is 7.50. The van der Waals surface area contributed by atoms with Crippen LogP contribution in [0.1, 0.15) is 32.1 Å². The molecule has 1 saturated heterocycles. The van der Waals surface area contributed by atoms with Crippen LogP contribution in [0.2, 0.25) is 0 Å². The van der Waals surface area contributed by atoms with Crippen molar-refractivity contribution in [3.63, 3.8) is 0 Å².